The highest BCUT2D eigenvalue weighted by Gasteiger charge is 2.36. The first-order chi connectivity index (χ1) is 8.70. The molecular weight excluding hydrogens is 288 g/mol. The summed E-state index contributed by atoms with van der Waals surface area (Å²) in [7, 11) is 0. The van der Waals surface area contributed by atoms with Gasteiger partial charge in [0.15, 0.2) is 0 Å². The molecule has 2 heterocycles. The fraction of sp³-hybridized carbons (Fsp3) is 0.333. The van der Waals surface area contributed by atoms with Crippen LogP contribution in [0.5, 0.6) is 0 Å². The molecule has 0 aromatic heterocycles. The Hall–Kier alpha value is -0.650. The van der Waals surface area contributed by atoms with Crippen LogP contribution in [0, 0.1) is 0 Å². The van der Waals surface area contributed by atoms with Gasteiger partial charge in [0.1, 0.15) is 0 Å². The quantitative estimate of drug-likeness (QED) is 0.737. The fourth-order valence-corrected chi connectivity index (χ4v) is 4.26. The molecule has 94 valence electrons. The van der Waals surface area contributed by atoms with Gasteiger partial charge in [0.25, 0.3) is 5.91 Å². The largest absolute Gasteiger partial charge is 0.319 e. The number of carbonyl (C=O) groups excluding carboxylic acids is 1. The van der Waals surface area contributed by atoms with Crippen molar-refractivity contribution in [2.75, 3.05) is 17.9 Å². The van der Waals surface area contributed by atoms with Gasteiger partial charge in [-0.2, -0.15) is 0 Å². The maximum atomic E-state index is 12.5. The molecule has 18 heavy (non-hydrogen) atoms. The van der Waals surface area contributed by atoms with Crippen LogP contribution < -0.4 is 0 Å². The van der Waals surface area contributed by atoms with Crippen LogP contribution in [0.4, 0.5) is 5.69 Å². The number of fused-ring (bicyclic) bond motifs is 2. The minimum atomic E-state index is 0.0373. The Morgan fingerprint density at radius 2 is 2.39 bits per heavy atom. The zero-order valence-electron chi connectivity index (χ0n) is 9.72. The Bertz CT molecular complexity index is 547. The minimum Gasteiger partial charge on any atom is -0.319 e. The van der Waals surface area contributed by atoms with Crippen molar-refractivity contribution in [2.24, 2.45) is 4.99 Å². The molecule has 0 unspecified atom stereocenters. The number of aliphatic imine (C=N–C) groups is 1. The van der Waals surface area contributed by atoms with E-state index in [1.54, 1.807) is 35.7 Å². The molecule has 0 bridgehead atoms. The number of benzene rings is 1. The molecule has 1 aromatic carbocycles. The fourth-order valence-electron chi connectivity index (χ4n) is 2.15. The molecule has 1 fully saturated rings. The standard InChI is InChI=1S/C12H11ClN2OS2/c1-17-11-10-5-18-6-15(10)12(16)8-4-7(13)2-3-9(8)14-11/h2-4,10H,5-6H2,1H3/t10-/m0/s1. The summed E-state index contributed by atoms with van der Waals surface area (Å²) in [5.41, 5.74) is 1.34. The Kier molecular flexibility index (Phi) is 3.30. The number of halogens is 1. The van der Waals surface area contributed by atoms with Crippen molar-refractivity contribution in [3.63, 3.8) is 0 Å². The lowest BCUT2D eigenvalue weighted by Gasteiger charge is -2.21. The third-order valence-corrected chi connectivity index (χ3v) is 5.09. The van der Waals surface area contributed by atoms with Crippen molar-refractivity contribution in [1.29, 1.82) is 0 Å². The van der Waals surface area contributed by atoms with Crippen molar-refractivity contribution in [1.82, 2.24) is 4.90 Å². The summed E-state index contributed by atoms with van der Waals surface area (Å²) in [4.78, 5) is 19.0. The summed E-state index contributed by atoms with van der Waals surface area (Å²) in [5, 5.41) is 1.59. The molecule has 2 aliphatic heterocycles. The summed E-state index contributed by atoms with van der Waals surface area (Å²) in [6.07, 6.45) is 2.01. The number of carbonyl (C=O) groups is 1. The minimum absolute atomic E-state index is 0.0373. The van der Waals surface area contributed by atoms with Crippen molar-refractivity contribution in [3.8, 4) is 0 Å². The predicted octanol–water partition coefficient (Wildman–Crippen LogP) is 3.26. The average molecular weight is 299 g/mol. The third-order valence-electron chi connectivity index (χ3n) is 3.06. The maximum Gasteiger partial charge on any atom is 0.257 e. The van der Waals surface area contributed by atoms with Crippen LogP contribution >= 0.6 is 35.1 Å². The second-order valence-corrected chi connectivity index (χ2v) is 6.37. The molecule has 0 saturated carbocycles. The number of hydrogen-bond donors (Lipinski definition) is 0. The number of amides is 1. The van der Waals surface area contributed by atoms with Crippen LogP contribution in [0.25, 0.3) is 0 Å². The third kappa shape index (κ3) is 1.94. The van der Waals surface area contributed by atoms with Gasteiger partial charge >= 0.3 is 0 Å². The zero-order chi connectivity index (χ0) is 12.7. The van der Waals surface area contributed by atoms with Crippen LogP contribution in [0.3, 0.4) is 0 Å². The Morgan fingerprint density at radius 1 is 1.56 bits per heavy atom. The lowest BCUT2D eigenvalue weighted by molar-refractivity contribution is 0.0784. The van der Waals surface area contributed by atoms with Crippen LogP contribution in [0.15, 0.2) is 23.2 Å². The summed E-state index contributed by atoms with van der Waals surface area (Å²) in [6.45, 7) is 0. The van der Waals surface area contributed by atoms with Crippen molar-refractivity contribution < 1.29 is 4.79 Å². The van der Waals surface area contributed by atoms with E-state index in [2.05, 4.69) is 4.99 Å². The molecule has 1 saturated heterocycles. The second-order valence-electron chi connectivity index (χ2n) is 4.11. The lowest BCUT2D eigenvalue weighted by atomic mass is 10.1. The molecule has 0 N–H and O–H groups in total. The molecule has 3 nitrogen and oxygen atoms in total. The van der Waals surface area contributed by atoms with Gasteiger partial charge in [-0.1, -0.05) is 11.6 Å². The van der Waals surface area contributed by atoms with E-state index in [0.29, 0.717) is 10.6 Å². The molecule has 6 heteroatoms. The molecule has 0 spiro atoms. The van der Waals surface area contributed by atoms with E-state index in [-0.39, 0.29) is 11.9 Å². The number of rotatable bonds is 0. The van der Waals surface area contributed by atoms with Crippen LogP contribution in [-0.4, -0.2) is 39.8 Å². The van der Waals surface area contributed by atoms with Gasteiger partial charge in [-0.05, 0) is 24.5 Å². The molecule has 2 aliphatic rings. The van der Waals surface area contributed by atoms with E-state index in [0.717, 1.165) is 22.4 Å². The van der Waals surface area contributed by atoms with Gasteiger partial charge < -0.3 is 4.90 Å². The summed E-state index contributed by atoms with van der Waals surface area (Å²) in [5.74, 6) is 1.69. The summed E-state index contributed by atoms with van der Waals surface area (Å²) < 4.78 is 0. The maximum absolute atomic E-state index is 12.5. The molecule has 0 radical (unpaired) electrons. The van der Waals surface area contributed by atoms with Crippen molar-refractivity contribution in [3.05, 3.63) is 28.8 Å². The number of hydrogen-bond acceptors (Lipinski definition) is 4. The summed E-state index contributed by atoms with van der Waals surface area (Å²) in [6, 6.07) is 5.43. The van der Waals surface area contributed by atoms with Gasteiger partial charge in [0.2, 0.25) is 0 Å². The monoisotopic (exact) mass is 298 g/mol. The van der Waals surface area contributed by atoms with Crippen molar-refractivity contribution >= 4 is 51.8 Å². The molecule has 1 atom stereocenters. The van der Waals surface area contributed by atoms with Crippen LogP contribution in [0.1, 0.15) is 10.4 Å². The lowest BCUT2D eigenvalue weighted by Crippen LogP contribution is -2.39. The van der Waals surface area contributed by atoms with Crippen molar-refractivity contribution in [2.45, 2.75) is 6.04 Å². The highest BCUT2D eigenvalue weighted by Crippen LogP contribution is 2.35. The van der Waals surface area contributed by atoms with E-state index >= 15 is 0 Å². The van der Waals surface area contributed by atoms with E-state index in [1.165, 1.54) is 0 Å². The zero-order valence-corrected chi connectivity index (χ0v) is 12.1. The van der Waals surface area contributed by atoms with Gasteiger partial charge in [0.05, 0.1) is 28.2 Å². The smallest absolute Gasteiger partial charge is 0.257 e. The van der Waals surface area contributed by atoms with Gasteiger partial charge in [-0.25, -0.2) is 4.99 Å². The highest BCUT2D eigenvalue weighted by atomic mass is 35.5. The topological polar surface area (TPSA) is 32.7 Å². The average Bonchev–Trinajstić information content (AvgIpc) is 2.81. The number of thioether (sulfide) groups is 2. The van der Waals surface area contributed by atoms with Gasteiger partial charge in [0, 0.05) is 10.8 Å². The van der Waals surface area contributed by atoms with E-state index in [1.807, 2.05) is 17.2 Å². The van der Waals surface area contributed by atoms with Crippen LogP contribution in [-0.2, 0) is 0 Å². The number of nitrogens with zero attached hydrogens (tertiary/aromatic N) is 2. The van der Waals surface area contributed by atoms with Crippen LogP contribution in [0.2, 0.25) is 5.02 Å². The molecule has 3 rings (SSSR count). The Balaban J connectivity index is 2.16. The molecular formula is C12H11ClN2OS2. The predicted molar refractivity (Wildman–Crippen MR) is 79.3 cm³/mol. The van der Waals surface area contributed by atoms with Gasteiger partial charge in [-0.15, -0.1) is 23.5 Å². The molecule has 1 aromatic rings. The van der Waals surface area contributed by atoms with E-state index < -0.39 is 0 Å². The molecule has 0 aliphatic carbocycles. The SMILES string of the molecule is CSC1=Nc2ccc(Cl)cc2C(=O)N2CSC[C@@H]12. The second kappa shape index (κ2) is 4.79. The Morgan fingerprint density at radius 3 is 3.17 bits per heavy atom. The first kappa shape index (κ1) is 12.4. The first-order valence-corrected chi connectivity index (χ1v) is 8.27. The Labute approximate surface area is 119 Å². The molecule has 1 amide bonds. The summed E-state index contributed by atoms with van der Waals surface area (Å²) >= 11 is 9.36. The normalized spacial score (nSPS) is 22.3. The van der Waals surface area contributed by atoms with E-state index in [9.17, 15) is 4.79 Å². The highest BCUT2D eigenvalue weighted by molar-refractivity contribution is 8.13. The first-order valence-electron chi connectivity index (χ1n) is 5.51. The van der Waals surface area contributed by atoms with Gasteiger partial charge in [-0.3, -0.25) is 4.79 Å². The van der Waals surface area contributed by atoms with E-state index in [4.69, 9.17) is 11.6 Å².